The maximum absolute atomic E-state index is 13.9. The van der Waals surface area contributed by atoms with Gasteiger partial charge >= 0.3 is 6.18 Å². The fourth-order valence-corrected chi connectivity index (χ4v) is 12.0. The highest BCUT2D eigenvalue weighted by Crippen LogP contribution is 2.53. The van der Waals surface area contributed by atoms with Gasteiger partial charge in [0.05, 0.1) is 60.2 Å². The maximum Gasteiger partial charge on any atom is 0.401 e. The van der Waals surface area contributed by atoms with E-state index in [9.17, 15) is 27.6 Å². The largest absolute Gasteiger partial charge is 0.489 e. The van der Waals surface area contributed by atoms with Crippen molar-refractivity contribution in [3.05, 3.63) is 76.7 Å². The molecule has 2 N–H and O–H groups in total. The molecular weight excluding hydrogens is 788 g/mol. The van der Waals surface area contributed by atoms with Crippen molar-refractivity contribution in [2.24, 2.45) is 11.3 Å². The number of hydrogen-bond acceptors (Lipinski definition) is 10. The summed E-state index contributed by atoms with van der Waals surface area (Å²) in [7, 11) is 0. The molecule has 1 aliphatic carbocycles. The third-order valence-electron chi connectivity index (χ3n) is 15.0. The number of pyridine rings is 1. The molecule has 2 aromatic carbocycles. The summed E-state index contributed by atoms with van der Waals surface area (Å²) >= 11 is 0. The number of carbonyl (C=O) groups is 3. The summed E-state index contributed by atoms with van der Waals surface area (Å²) in [5, 5.41) is 10.5. The van der Waals surface area contributed by atoms with Crippen LogP contribution in [-0.4, -0.2) is 124 Å². The molecule has 7 aliphatic rings. The van der Waals surface area contributed by atoms with Gasteiger partial charge < -0.3 is 19.4 Å². The number of piperazine rings is 1. The highest BCUT2D eigenvalue weighted by atomic mass is 19.4. The Morgan fingerprint density at radius 1 is 0.951 bits per heavy atom. The summed E-state index contributed by atoms with van der Waals surface area (Å²) in [6, 6.07) is 10.3. The number of benzene rings is 2. The Bertz CT molecular complexity index is 2410. The fraction of sp³-hybridized carbons (Fsp3) is 0.533. The van der Waals surface area contributed by atoms with Gasteiger partial charge in [-0.1, -0.05) is 6.07 Å². The number of imide groups is 1. The van der Waals surface area contributed by atoms with Crippen molar-refractivity contribution in [1.82, 2.24) is 35.2 Å². The quantitative estimate of drug-likeness (QED) is 0.250. The zero-order valence-corrected chi connectivity index (χ0v) is 34.2. The van der Waals surface area contributed by atoms with Gasteiger partial charge in [0.1, 0.15) is 18.4 Å². The first kappa shape index (κ1) is 38.7. The fourth-order valence-electron chi connectivity index (χ4n) is 12.0. The number of nitrogens with one attached hydrogen (secondary N) is 2. The van der Waals surface area contributed by atoms with Gasteiger partial charge in [0, 0.05) is 68.2 Å². The van der Waals surface area contributed by atoms with E-state index in [1.54, 1.807) is 16.0 Å². The molecule has 6 aliphatic heterocycles. The molecule has 1 saturated carbocycles. The smallest absolute Gasteiger partial charge is 0.401 e. The van der Waals surface area contributed by atoms with Gasteiger partial charge in [-0.25, -0.2) is 0 Å². The molecule has 4 fully saturated rings. The molecule has 0 radical (unpaired) electrons. The number of aromatic amines is 1. The number of amides is 3. The van der Waals surface area contributed by atoms with Crippen molar-refractivity contribution in [3.8, 4) is 5.75 Å². The summed E-state index contributed by atoms with van der Waals surface area (Å²) in [5.41, 5.74) is 7.21. The molecule has 0 bridgehead atoms. The van der Waals surface area contributed by atoms with Crippen molar-refractivity contribution >= 4 is 40.0 Å². The lowest BCUT2D eigenvalue weighted by molar-refractivity contribution is -0.155. The average Bonchev–Trinajstić information content (AvgIpc) is 3.85. The van der Waals surface area contributed by atoms with E-state index in [-0.39, 0.29) is 30.3 Å². The monoisotopic (exact) mass is 837 g/mol. The number of fused-ring (bicyclic) bond motifs is 8. The summed E-state index contributed by atoms with van der Waals surface area (Å²) in [5.74, 6) is 0.511. The molecule has 16 heteroatoms. The molecule has 13 nitrogen and oxygen atoms in total. The number of nitrogens with zero attached hydrogens (tertiary/aromatic N) is 7. The first-order valence-corrected chi connectivity index (χ1v) is 21.8. The topological polar surface area (TPSA) is 130 Å². The van der Waals surface area contributed by atoms with E-state index < -0.39 is 30.7 Å². The van der Waals surface area contributed by atoms with E-state index in [2.05, 4.69) is 30.2 Å². The minimum Gasteiger partial charge on any atom is -0.489 e. The SMILES string of the molecule is C[C@@H]1Cc2c(ccc3[nH]ncc23)[C@@H](c2ccc(N3CCC4(CC3)CC(CN3CCN5c6ccc7c(c6OC[C@H]5C3)CN(C3CCC(=O)NC3=O)C7=O)C4)cn2)N1CC(F)(F)F. The molecule has 3 saturated heterocycles. The number of ether oxygens (including phenoxy) is 1. The number of alkyl halides is 3. The summed E-state index contributed by atoms with van der Waals surface area (Å²) in [4.78, 5) is 53.1. The van der Waals surface area contributed by atoms with Crippen LogP contribution in [-0.2, 0) is 22.6 Å². The number of halogens is 3. The third-order valence-corrected chi connectivity index (χ3v) is 15.0. The molecule has 4 aromatic rings. The van der Waals surface area contributed by atoms with Gasteiger partial charge in [0.2, 0.25) is 11.8 Å². The van der Waals surface area contributed by atoms with Crippen LogP contribution >= 0.6 is 0 Å². The predicted molar refractivity (Wildman–Crippen MR) is 220 cm³/mol. The Kier molecular flexibility index (Phi) is 9.15. The highest BCUT2D eigenvalue weighted by Gasteiger charge is 2.48. The molecule has 1 spiro atoms. The van der Waals surface area contributed by atoms with Crippen molar-refractivity contribution in [1.29, 1.82) is 0 Å². The molecule has 2 aromatic heterocycles. The lowest BCUT2D eigenvalue weighted by Gasteiger charge is -2.54. The van der Waals surface area contributed by atoms with Crippen LogP contribution in [0.1, 0.15) is 84.2 Å². The van der Waals surface area contributed by atoms with Gasteiger partial charge in [-0.2, -0.15) is 18.3 Å². The molecule has 8 heterocycles. The molecule has 11 rings (SSSR count). The summed E-state index contributed by atoms with van der Waals surface area (Å²) in [6.07, 6.45) is 5.05. The lowest BCUT2D eigenvalue weighted by atomic mass is 9.57. The Morgan fingerprint density at radius 2 is 1.79 bits per heavy atom. The van der Waals surface area contributed by atoms with Crippen LogP contribution in [0.15, 0.2) is 48.8 Å². The molecule has 1 unspecified atom stereocenters. The van der Waals surface area contributed by atoms with Gasteiger partial charge in [0.25, 0.3) is 5.91 Å². The van der Waals surface area contributed by atoms with Crippen molar-refractivity contribution < 1.29 is 32.3 Å². The van der Waals surface area contributed by atoms with Crippen molar-refractivity contribution in [3.63, 3.8) is 0 Å². The standard InChI is InChI=1S/C45H50F3N9O4/c1-26-16-32-30(3-6-35-33(32)20-50-52-35)40(57(26)25-45(46,47)48)36-5-2-28(19-49-36)54-12-10-44(11-13-54)17-27(18-44)21-53-14-15-55-29(22-53)24-61-41-34-23-56(38-8-9-39(58)51-42(38)59)43(60)31(34)4-7-37(41)55/h2-7,19-20,26-27,29,38,40H,8-18,21-25H2,1H3,(H,50,52)(H,51,58,59)/t26-,29-,38?,40+/m1/s1. The van der Waals surface area contributed by atoms with Crippen LogP contribution in [0.25, 0.3) is 10.9 Å². The highest BCUT2D eigenvalue weighted by molar-refractivity contribution is 6.06. The van der Waals surface area contributed by atoms with Crippen LogP contribution in [0.5, 0.6) is 5.75 Å². The van der Waals surface area contributed by atoms with E-state index in [4.69, 9.17) is 9.72 Å². The van der Waals surface area contributed by atoms with E-state index in [0.29, 0.717) is 48.6 Å². The number of carbonyl (C=O) groups excluding carboxylic acids is 3. The average molecular weight is 838 g/mol. The van der Waals surface area contributed by atoms with E-state index in [0.717, 1.165) is 96.8 Å². The van der Waals surface area contributed by atoms with Crippen LogP contribution < -0.4 is 19.9 Å². The van der Waals surface area contributed by atoms with Crippen LogP contribution in [0.4, 0.5) is 24.5 Å². The van der Waals surface area contributed by atoms with Gasteiger partial charge in [-0.05, 0) is 98.2 Å². The second-order valence-corrected chi connectivity index (χ2v) is 18.7. The zero-order chi connectivity index (χ0) is 41.8. The molecule has 61 heavy (non-hydrogen) atoms. The predicted octanol–water partition coefficient (Wildman–Crippen LogP) is 5.20. The van der Waals surface area contributed by atoms with Crippen LogP contribution in [0.2, 0.25) is 0 Å². The van der Waals surface area contributed by atoms with E-state index >= 15 is 0 Å². The van der Waals surface area contributed by atoms with Crippen LogP contribution in [0, 0.1) is 11.3 Å². The maximum atomic E-state index is 13.9. The Hall–Kier alpha value is -5.22. The Balaban J connectivity index is 0.694. The second kappa shape index (κ2) is 14.4. The van der Waals surface area contributed by atoms with Gasteiger partial charge in [-0.15, -0.1) is 0 Å². The second-order valence-electron chi connectivity index (χ2n) is 18.7. The van der Waals surface area contributed by atoms with Crippen molar-refractivity contribution in [2.45, 2.75) is 88.8 Å². The minimum atomic E-state index is -4.33. The molecule has 320 valence electrons. The molecule has 3 amide bonds. The molecule has 4 atom stereocenters. The first-order valence-electron chi connectivity index (χ1n) is 21.8. The third kappa shape index (κ3) is 6.71. The first-order chi connectivity index (χ1) is 29.4. The normalized spacial score (nSPS) is 26.8. The van der Waals surface area contributed by atoms with E-state index in [1.165, 1.54) is 12.8 Å². The Labute approximate surface area is 351 Å². The lowest BCUT2D eigenvalue weighted by Crippen LogP contribution is -2.59. The van der Waals surface area contributed by atoms with Crippen molar-refractivity contribution in [2.75, 3.05) is 62.2 Å². The summed E-state index contributed by atoms with van der Waals surface area (Å²) < 4.78 is 48.2. The number of aromatic nitrogens is 3. The van der Waals surface area contributed by atoms with Crippen LogP contribution in [0.3, 0.4) is 0 Å². The number of piperidine rings is 2. The number of rotatable bonds is 6. The number of H-pyrrole nitrogens is 1. The Morgan fingerprint density at radius 3 is 2.56 bits per heavy atom. The number of anilines is 2. The van der Waals surface area contributed by atoms with Gasteiger partial charge in [-0.3, -0.25) is 39.6 Å². The minimum absolute atomic E-state index is 0.187. The van der Waals surface area contributed by atoms with E-state index in [1.807, 2.05) is 49.5 Å². The summed E-state index contributed by atoms with van der Waals surface area (Å²) in [6.45, 7) is 7.43. The van der Waals surface area contributed by atoms with Gasteiger partial charge in [0.15, 0.2) is 0 Å². The molecular formula is C45H50F3N9O4. The zero-order valence-electron chi connectivity index (χ0n) is 34.2. The number of hydrogen-bond donors (Lipinski definition) is 2.